The molecule has 0 aliphatic rings. The first-order chi connectivity index (χ1) is 10.3. The summed E-state index contributed by atoms with van der Waals surface area (Å²) in [7, 11) is 0. The summed E-state index contributed by atoms with van der Waals surface area (Å²) in [6.45, 7) is -0.0252. The summed E-state index contributed by atoms with van der Waals surface area (Å²) < 4.78 is 1.44. The van der Waals surface area contributed by atoms with Crippen LogP contribution in [0.3, 0.4) is 0 Å². The lowest BCUT2D eigenvalue weighted by Gasteiger charge is -2.06. The maximum absolute atomic E-state index is 12.3. The fraction of sp³-hybridized carbons (Fsp3) is 0.0769. The number of amides is 1. The van der Waals surface area contributed by atoms with Crippen LogP contribution in [0.5, 0.6) is 0 Å². The molecule has 0 spiro atoms. The summed E-state index contributed by atoms with van der Waals surface area (Å²) in [4.78, 5) is 12.8. The van der Waals surface area contributed by atoms with Crippen molar-refractivity contribution >= 4 is 22.9 Å². The summed E-state index contributed by atoms with van der Waals surface area (Å²) in [6.07, 6.45) is 1.44. The van der Waals surface area contributed by atoms with Gasteiger partial charge in [-0.2, -0.15) is 4.68 Å². The van der Waals surface area contributed by atoms with E-state index in [4.69, 9.17) is 5.11 Å². The van der Waals surface area contributed by atoms with Crippen molar-refractivity contribution in [2.45, 2.75) is 6.61 Å². The van der Waals surface area contributed by atoms with Gasteiger partial charge in [-0.05, 0) is 39.6 Å². The minimum Gasteiger partial charge on any atom is -0.392 e. The Labute approximate surface area is 123 Å². The topological polar surface area (TPSA) is 92.9 Å². The van der Waals surface area contributed by atoms with Gasteiger partial charge in [-0.1, -0.05) is 12.1 Å². The number of carbonyl (C=O) groups excluding carboxylic acids is 1. The van der Waals surface area contributed by atoms with E-state index in [-0.39, 0.29) is 12.5 Å². The Kier molecular flexibility index (Phi) is 3.71. The molecule has 0 saturated carbocycles. The van der Waals surface area contributed by atoms with E-state index in [9.17, 15) is 4.79 Å². The standard InChI is InChI=1S/C13H11N5O2S/c19-7-9-1-3-10(4-2-9)15-13(20)12-11(5-6-21-12)18-8-14-16-17-18/h1-6,8,19H,7H2,(H,15,20). The predicted octanol–water partition coefficient (Wildman–Crippen LogP) is 1.47. The molecule has 0 bridgehead atoms. The van der Waals surface area contributed by atoms with Crippen LogP contribution in [-0.4, -0.2) is 31.2 Å². The lowest BCUT2D eigenvalue weighted by Crippen LogP contribution is -2.13. The Morgan fingerprint density at radius 3 is 2.76 bits per heavy atom. The highest BCUT2D eigenvalue weighted by Gasteiger charge is 2.15. The maximum atomic E-state index is 12.3. The summed E-state index contributed by atoms with van der Waals surface area (Å²) in [6, 6.07) is 8.78. The Bertz CT molecular complexity index is 736. The number of hydrogen-bond acceptors (Lipinski definition) is 6. The van der Waals surface area contributed by atoms with Gasteiger partial charge in [0.25, 0.3) is 5.91 Å². The smallest absolute Gasteiger partial charge is 0.267 e. The highest BCUT2D eigenvalue weighted by molar-refractivity contribution is 7.12. The van der Waals surface area contributed by atoms with Gasteiger partial charge in [0.15, 0.2) is 0 Å². The Morgan fingerprint density at radius 1 is 1.29 bits per heavy atom. The zero-order chi connectivity index (χ0) is 14.7. The molecule has 2 heterocycles. The van der Waals surface area contributed by atoms with Gasteiger partial charge >= 0.3 is 0 Å². The lowest BCUT2D eigenvalue weighted by atomic mass is 10.2. The van der Waals surface area contributed by atoms with Crippen LogP contribution in [0.1, 0.15) is 15.2 Å². The molecule has 2 aromatic heterocycles. The SMILES string of the molecule is O=C(Nc1ccc(CO)cc1)c1sccc1-n1cnnn1. The fourth-order valence-electron chi connectivity index (χ4n) is 1.81. The number of carbonyl (C=O) groups is 1. The molecular weight excluding hydrogens is 290 g/mol. The van der Waals surface area contributed by atoms with Gasteiger partial charge in [0.05, 0.1) is 12.3 Å². The van der Waals surface area contributed by atoms with Crippen molar-refractivity contribution < 1.29 is 9.90 Å². The van der Waals surface area contributed by atoms with Crippen molar-refractivity contribution in [1.29, 1.82) is 0 Å². The van der Waals surface area contributed by atoms with Gasteiger partial charge < -0.3 is 10.4 Å². The molecule has 2 N–H and O–H groups in total. The lowest BCUT2D eigenvalue weighted by molar-refractivity contribution is 0.103. The molecule has 0 unspecified atom stereocenters. The second-order valence-electron chi connectivity index (χ2n) is 4.20. The second kappa shape index (κ2) is 5.81. The number of aliphatic hydroxyl groups excluding tert-OH is 1. The molecule has 0 fully saturated rings. The largest absolute Gasteiger partial charge is 0.392 e. The minimum absolute atomic E-state index is 0.0252. The van der Waals surface area contributed by atoms with Gasteiger partial charge in [0, 0.05) is 5.69 Å². The van der Waals surface area contributed by atoms with Crippen LogP contribution in [0.25, 0.3) is 5.69 Å². The van der Waals surface area contributed by atoms with Gasteiger partial charge in [0.2, 0.25) is 0 Å². The molecule has 0 atom stereocenters. The first-order valence-corrected chi connectivity index (χ1v) is 6.98. The highest BCUT2D eigenvalue weighted by Crippen LogP contribution is 2.21. The molecule has 0 aliphatic heterocycles. The Balaban J connectivity index is 1.81. The summed E-state index contributed by atoms with van der Waals surface area (Å²) >= 11 is 1.31. The zero-order valence-electron chi connectivity index (χ0n) is 10.8. The van der Waals surface area contributed by atoms with E-state index < -0.39 is 0 Å². The number of thiophene rings is 1. The first-order valence-electron chi connectivity index (χ1n) is 6.10. The average Bonchev–Trinajstić information content (AvgIpc) is 3.18. The normalized spacial score (nSPS) is 10.5. The average molecular weight is 301 g/mol. The van der Waals surface area contributed by atoms with Crippen LogP contribution in [0, 0.1) is 0 Å². The molecule has 106 valence electrons. The number of anilines is 1. The number of rotatable bonds is 4. The molecule has 3 rings (SSSR count). The minimum atomic E-state index is -0.229. The number of benzene rings is 1. The van der Waals surface area contributed by atoms with E-state index in [1.165, 1.54) is 22.3 Å². The van der Waals surface area contributed by atoms with Gasteiger partial charge in [-0.3, -0.25) is 4.79 Å². The molecule has 1 amide bonds. The second-order valence-corrected chi connectivity index (χ2v) is 5.11. The van der Waals surface area contributed by atoms with Crippen LogP contribution in [-0.2, 0) is 6.61 Å². The molecule has 0 aliphatic carbocycles. The van der Waals surface area contributed by atoms with Crippen molar-refractivity contribution in [2.75, 3.05) is 5.32 Å². The van der Waals surface area contributed by atoms with E-state index >= 15 is 0 Å². The molecule has 0 radical (unpaired) electrons. The number of hydrogen-bond donors (Lipinski definition) is 2. The molecular formula is C13H11N5O2S. The summed E-state index contributed by atoms with van der Waals surface area (Å²) in [5.74, 6) is -0.229. The zero-order valence-corrected chi connectivity index (χ0v) is 11.6. The van der Waals surface area contributed by atoms with E-state index in [0.29, 0.717) is 16.3 Å². The summed E-state index contributed by atoms with van der Waals surface area (Å²) in [5.41, 5.74) is 2.08. The molecule has 3 aromatic rings. The van der Waals surface area contributed by atoms with Crippen molar-refractivity contribution in [3.63, 3.8) is 0 Å². The quantitative estimate of drug-likeness (QED) is 0.761. The molecule has 8 heteroatoms. The monoisotopic (exact) mass is 301 g/mol. The van der Waals surface area contributed by atoms with E-state index in [1.54, 1.807) is 35.7 Å². The van der Waals surface area contributed by atoms with Gasteiger partial charge in [-0.25, -0.2) is 0 Å². The van der Waals surface area contributed by atoms with Crippen molar-refractivity contribution in [3.05, 3.63) is 52.5 Å². The molecule has 21 heavy (non-hydrogen) atoms. The maximum Gasteiger partial charge on any atom is 0.267 e. The number of aliphatic hydroxyl groups is 1. The third-order valence-electron chi connectivity index (χ3n) is 2.84. The van der Waals surface area contributed by atoms with E-state index in [1.807, 2.05) is 0 Å². The van der Waals surface area contributed by atoms with Crippen molar-refractivity contribution in [2.24, 2.45) is 0 Å². The molecule has 1 aromatic carbocycles. The van der Waals surface area contributed by atoms with Crippen LogP contribution >= 0.6 is 11.3 Å². The van der Waals surface area contributed by atoms with Crippen LogP contribution in [0.15, 0.2) is 42.0 Å². The van der Waals surface area contributed by atoms with Crippen molar-refractivity contribution in [1.82, 2.24) is 20.2 Å². The fourth-order valence-corrected chi connectivity index (χ4v) is 2.58. The van der Waals surface area contributed by atoms with Crippen LogP contribution < -0.4 is 5.32 Å². The number of nitrogens with one attached hydrogen (secondary N) is 1. The first kappa shape index (κ1) is 13.4. The third kappa shape index (κ3) is 2.81. The Morgan fingerprint density at radius 2 is 2.10 bits per heavy atom. The predicted molar refractivity (Wildman–Crippen MR) is 77.3 cm³/mol. The van der Waals surface area contributed by atoms with Crippen LogP contribution in [0.4, 0.5) is 5.69 Å². The number of aromatic nitrogens is 4. The van der Waals surface area contributed by atoms with E-state index in [0.717, 1.165) is 5.56 Å². The number of tetrazole rings is 1. The summed E-state index contributed by atoms with van der Waals surface area (Å²) in [5, 5.41) is 24.5. The van der Waals surface area contributed by atoms with E-state index in [2.05, 4.69) is 20.8 Å². The Hall–Kier alpha value is -2.58. The van der Waals surface area contributed by atoms with Crippen LogP contribution in [0.2, 0.25) is 0 Å². The third-order valence-corrected chi connectivity index (χ3v) is 3.74. The van der Waals surface area contributed by atoms with Crippen molar-refractivity contribution in [3.8, 4) is 5.69 Å². The van der Waals surface area contributed by atoms with Gasteiger partial charge in [-0.15, -0.1) is 16.4 Å². The molecule has 7 nitrogen and oxygen atoms in total. The highest BCUT2D eigenvalue weighted by atomic mass is 32.1. The van der Waals surface area contributed by atoms with Gasteiger partial charge in [0.1, 0.15) is 11.2 Å². The number of nitrogens with zero attached hydrogens (tertiary/aromatic N) is 4. The molecule has 0 saturated heterocycles.